The van der Waals surface area contributed by atoms with Crippen LogP contribution in [0.2, 0.25) is 0 Å². The molecule has 0 saturated heterocycles. The van der Waals surface area contributed by atoms with E-state index in [1.807, 2.05) is 19.9 Å². The minimum absolute atomic E-state index is 0.0806. The summed E-state index contributed by atoms with van der Waals surface area (Å²) < 4.78 is 5.17. The van der Waals surface area contributed by atoms with E-state index in [2.05, 4.69) is 4.98 Å². The number of aromatic nitrogens is 1. The maximum absolute atomic E-state index is 11.5. The number of aromatic amines is 1. The van der Waals surface area contributed by atoms with Crippen molar-refractivity contribution in [2.75, 3.05) is 0 Å². The molecule has 0 amide bonds. The highest BCUT2D eigenvalue weighted by Gasteiger charge is 2.12. The number of nitrogens with zero attached hydrogens (tertiary/aromatic N) is 1. The first-order valence-electron chi connectivity index (χ1n) is 4.96. The Morgan fingerprint density at radius 2 is 2.47 bits per heavy atom. The Hall–Kier alpha value is -1.76. The van der Waals surface area contributed by atoms with Gasteiger partial charge in [0.15, 0.2) is 0 Å². The zero-order valence-corrected chi connectivity index (χ0v) is 8.91. The lowest BCUT2D eigenvalue weighted by atomic mass is 10.2. The van der Waals surface area contributed by atoms with Crippen molar-refractivity contribution in [2.45, 2.75) is 32.8 Å². The van der Waals surface area contributed by atoms with Gasteiger partial charge in [0, 0.05) is 6.20 Å². The van der Waals surface area contributed by atoms with E-state index in [9.17, 15) is 4.79 Å². The molecule has 0 aliphatic rings. The van der Waals surface area contributed by atoms with Gasteiger partial charge >= 0.3 is 5.97 Å². The lowest BCUT2D eigenvalue weighted by Crippen LogP contribution is -2.14. The molecule has 1 heterocycles. The average Bonchev–Trinajstić information content (AvgIpc) is 2.66. The fourth-order valence-electron chi connectivity index (χ4n) is 1.29. The normalized spacial score (nSPS) is 11.8. The average molecular weight is 206 g/mol. The predicted octanol–water partition coefficient (Wildman–Crippen LogP) is 2.23. The number of hydrogen-bond acceptors (Lipinski definition) is 3. The number of rotatable bonds is 4. The number of H-pyrrole nitrogens is 1. The summed E-state index contributed by atoms with van der Waals surface area (Å²) in [7, 11) is 0. The number of carbonyl (C=O) groups is 1. The van der Waals surface area contributed by atoms with Crippen molar-refractivity contribution < 1.29 is 9.53 Å². The first kappa shape index (κ1) is 11.3. The highest BCUT2D eigenvalue weighted by atomic mass is 16.5. The van der Waals surface area contributed by atoms with Gasteiger partial charge in [0.05, 0.1) is 11.7 Å². The SMILES string of the molecule is CCCC(C)OC(=O)c1c[nH]c(C#N)c1. The summed E-state index contributed by atoms with van der Waals surface area (Å²) in [5.74, 6) is -0.381. The van der Waals surface area contributed by atoms with Crippen molar-refractivity contribution >= 4 is 5.97 Å². The van der Waals surface area contributed by atoms with Crippen LogP contribution in [-0.2, 0) is 4.74 Å². The van der Waals surface area contributed by atoms with Crippen LogP contribution in [0.3, 0.4) is 0 Å². The molecule has 4 heteroatoms. The molecule has 0 aromatic carbocycles. The number of ether oxygens (including phenoxy) is 1. The quantitative estimate of drug-likeness (QED) is 0.768. The van der Waals surface area contributed by atoms with Crippen LogP contribution in [0.25, 0.3) is 0 Å². The summed E-state index contributed by atoms with van der Waals surface area (Å²) in [4.78, 5) is 14.2. The van der Waals surface area contributed by atoms with Crippen LogP contribution in [0.15, 0.2) is 12.3 Å². The van der Waals surface area contributed by atoms with Gasteiger partial charge in [-0.1, -0.05) is 13.3 Å². The molecular weight excluding hydrogens is 192 g/mol. The highest BCUT2D eigenvalue weighted by molar-refractivity contribution is 5.89. The summed E-state index contributed by atoms with van der Waals surface area (Å²) in [6.07, 6.45) is 3.23. The molecule has 1 aromatic rings. The standard InChI is InChI=1S/C11H14N2O2/c1-3-4-8(2)15-11(14)9-5-10(6-12)13-7-9/h5,7-8,13H,3-4H2,1-2H3. The summed E-state index contributed by atoms with van der Waals surface area (Å²) in [5.41, 5.74) is 0.764. The highest BCUT2D eigenvalue weighted by Crippen LogP contribution is 2.08. The van der Waals surface area contributed by atoms with E-state index < -0.39 is 0 Å². The molecule has 0 bridgehead atoms. The molecule has 0 spiro atoms. The fourth-order valence-corrected chi connectivity index (χ4v) is 1.29. The second-order valence-corrected chi connectivity index (χ2v) is 3.42. The summed E-state index contributed by atoms with van der Waals surface area (Å²) in [5, 5.41) is 8.57. The molecule has 0 saturated carbocycles. The van der Waals surface area contributed by atoms with Crippen molar-refractivity contribution in [1.82, 2.24) is 4.98 Å². The van der Waals surface area contributed by atoms with E-state index >= 15 is 0 Å². The molecule has 1 rings (SSSR count). The molecular formula is C11H14N2O2. The Balaban J connectivity index is 2.58. The molecule has 15 heavy (non-hydrogen) atoms. The molecule has 1 N–H and O–H groups in total. The maximum atomic E-state index is 11.5. The third-order valence-corrected chi connectivity index (χ3v) is 2.04. The van der Waals surface area contributed by atoms with Gasteiger partial charge in [0.2, 0.25) is 0 Å². The molecule has 0 aliphatic carbocycles. The van der Waals surface area contributed by atoms with E-state index in [0.717, 1.165) is 12.8 Å². The van der Waals surface area contributed by atoms with E-state index in [-0.39, 0.29) is 12.1 Å². The number of esters is 1. The van der Waals surface area contributed by atoms with Gasteiger partial charge in [-0.3, -0.25) is 0 Å². The molecule has 0 aliphatic heterocycles. The number of nitrogens with one attached hydrogen (secondary N) is 1. The summed E-state index contributed by atoms with van der Waals surface area (Å²) in [6, 6.07) is 3.40. The van der Waals surface area contributed by atoms with E-state index in [1.54, 1.807) is 0 Å². The lowest BCUT2D eigenvalue weighted by Gasteiger charge is -2.10. The molecule has 0 fully saturated rings. The Bertz CT molecular complexity index is 376. The molecule has 1 atom stereocenters. The van der Waals surface area contributed by atoms with Crippen molar-refractivity contribution in [1.29, 1.82) is 5.26 Å². The zero-order chi connectivity index (χ0) is 11.3. The fraction of sp³-hybridized carbons (Fsp3) is 0.455. The van der Waals surface area contributed by atoms with Crippen molar-refractivity contribution in [2.24, 2.45) is 0 Å². The number of hydrogen-bond donors (Lipinski definition) is 1. The van der Waals surface area contributed by atoms with E-state index in [1.165, 1.54) is 12.3 Å². The topological polar surface area (TPSA) is 65.9 Å². The number of carbonyl (C=O) groups excluding carboxylic acids is 1. The van der Waals surface area contributed by atoms with E-state index in [0.29, 0.717) is 11.3 Å². The van der Waals surface area contributed by atoms with Crippen LogP contribution in [0.1, 0.15) is 42.7 Å². The Kier molecular flexibility index (Phi) is 3.92. The lowest BCUT2D eigenvalue weighted by molar-refractivity contribution is 0.0323. The van der Waals surface area contributed by atoms with Crippen LogP contribution in [-0.4, -0.2) is 17.1 Å². The molecule has 4 nitrogen and oxygen atoms in total. The third kappa shape index (κ3) is 3.13. The van der Waals surface area contributed by atoms with Crippen molar-refractivity contribution in [3.63, 3.8) is 0 Å². The third-order valence-electron chi connectivity index (χ3n) is 2.04. The van der Waals surface area contributed by atoms with Crippen LogP contribution < -0.4 is 0 Å². The van der Waals surface area contributed by atoms with Crippen LogP contribution in [0.5, 0.6) is 0 Å². The van der Waals surface area contributed by atoms with Crippen LogP contribution >= 0.6 is 0 Å². The second-order valence-electron chi connectivity index (χ2n) is 3.42. The van der Waals surface area contributed by atoms with Gasteiger partial charge in [0.25, 0.3) is 0 Å². The molecule has 1 unspecified atom stereocenters. The minimum atomic E-state index is -0.381. The Labute approximate surface area is 88.9 Å². The largest absolute Gasteiger partial charge is 0.459 e. The van der Waals surface area contributed by atoms with Gasteiger partial charge in [-0.2, -0.15) is 5.26 Å². The van der Waals surface area contributed by atoms with E-state index in [4.69, 9.17) is 10.00 Å². The van der Waals surface area contributed by atoms with Gasteiger partial charge in [-0.25, -0.2) is 4.79 Å². The molecule has 1 aromatic heterocycles. The molecule has 80 valence electrons. The van der Waals surface area contributed by atoms with Crippen LogP contribution in [0, 0.1) is 11.3 Å². The van der Waals surface area contributed by atoms with Gasteiger partial charge in [-0.15, -0.1) is 0 Å². The first-order valence-corrected chi connectivity index (χ1v) is 4.96. The summed E-state index contributed by atoms with van der Waals surface area (Å²) >= 11 is 0. The predicted molar refractivity (Wildman–Crippen MR) is 55.3 cm³/mol. The second kappa shape index (κ2) is 5.20. The summed E-state index contributed by atoms with van der Waals surface area (Å²) in [6.45, 7) is 3.90. The zero-order valence-electron chi connectivity index (χ0n) is 8.91. The Morgan fingerprint density at radius 1 is 1.73 bits per heavy atom. The number of nitriles is 1. The van der Waals surface area contributed by atoms with Crippen molar-refractivity contribution in [3.05, 3.63) is 23.5 Å². The molecule has 0 radical (unpaired) electrons. The first-order chi connectivity index (χ1) is 7.17. The smallest absolute Gasteiger partial charge is 0.339 e. The van der Waals surface area contributed by atoms with Crippen molar-refractivity contribution in [3.8, 4) is 6.07 Å². The minimum Gasteiger partial charge on any atom is -0.459 e. The maximum Gasteiger partial charge on any atom is 0.339 e. The Morgan fingerprint density at radius 3 is 3.00 bits per heavy atom. The monoisotopic (exact) mass is 206 g/mol. The van der Waals surface area contributed by atoms with Gasteiger partial charge in [-0.05, 0) is 19.4 Å². The van der Waals surface area contributed by atoms with Gasteiger partial charge in [0.1, 0.15) is 11.8 Å². The van der Waals surface area contributed by atoms with Gasteiger partial charge < -0.3 is 9.72 Å². The van der Waals surface area contributed by atoms with Crippen LogP contribution in [0.4, 0.5) is 0 Å².